The summed E-state index contributed by atoms with van der Waals surface area (Å²) in [5.74, 6) is 0.233. The van der Waals surface area contributed by atoms with Gasteiger partial charge in [-0.3, -0.25) is 10.1 Å². The fourth-order valence-electron chi connectivity index (χ4n) is 1.50. The molecule has 0 aliphatic heterocycles. The van der Waals surface area contributed by atoms with Crippen molar-refractivity contribution in [2.24, 2.45) is 0 Å². The molecule has 110 valence electrons. The molecule has 6 nitrogen and oxygen atoms in total. The highest BCUT2D eigenvalue weighted by atomic mass is 79.9. The molecule has 0 saturated heterocycles. The van der Waals surface area contributed by atoms with Crippen molar-refractivity contribution in [3.05, 3.63) is 44.9 Å². The zero-order chi connectivity index (χ0) is 15.0. The van der Waals surface area contributed by atoms with E-state index in [4.69, 9.17) is 9.47 Å². The Morgan fingerprint density at radius 2 is 2.30 bits per heavy atom. The van der Waals surface area contributed by atoms with Crippen LogP contribution in [0.3, 0.4) is 0 Å². The van der Waals surface area contributed by atoms with Gasteiger partial charge in [-0.25, -0.2) is 0 Å². The molecule has 0 spiro atoms. The Bertz CT molecular complexity index is 479. The zero-order valence-electron chi connectivity index (χ0n) is 11.2. The smallest absolute Gasteiger partial charge is 0.311 e. The van der Waals surface area contributed by atoms with Crippen molar-refractivity contribution in [2.75, 3.05) is 26.9 Å². The molecule has 7 heteroatoms. The largest absolute Gasteiger partial charge is 0.481 e. The Balaban J connectivity index is 2.73. The monoisotopic (exact) mass is 344 g/mol. The van der Waals surface area contributed by atoms with Gasteiger partial charge in [0.1, 0.15) is 6.61 Å². The third-order valence-electron chi connectivity index (χ3n) is 2.42. The summed E-state index contributed by atoms with van der Waals surface area (Å²) in [6.07, 6.45) is 0. The lowest BCUT2D eigenvalue weighted by Gasteiger charge is -2.08. The normalized spacial score (nSPS) is 10.3. The summed E-state index contributed by atoms with van der Waals surface area (Å²) in [7, 11) is 1.62. The van der Waals surface area contributed by atoms with Crippen molar-refractivity contribution in [3.63, 3.8) is 0 Å². The topological polar surface area (TPSA) is 73.6 Å². The van der Waals surface area contributed by atoms with Crippen LogP contribution in [0.15, 0.2) is 29.3 Å². The predicted molar refractivity (Wildman–Crippen MR) is 80.2 cm³/mol. The highest BCUT2D eigenvalue weighted by molar-refractivity contribution is 9.11. The van der Waals surface area contributed by atoms with Gasteiger partial charge in [0.05, 0.1) is 11.5 Å². The predicted octanol–water partition coefficient (Wildman–Crippen LogP) is 2.62. The van der Waals surface area contributed by atoms with E-state index in [2.05, 4.69) is 27.8 Å². The molecule has 0 unspecified atom stereocenters. The van der Waals surface area contributed by atoms with Crippen LogP contribution in [0.1, 0.15) is 5.56 Å². The van der Waals surface area contributed by atoms with Crippen molar-refractivity contribution in [2.45, 2.75) is 6.54 Å². The van der Waals surface area contributed by atoms with Crippen LogP contribution in [0.2, 0.25) is 0 Å². The number of nitrogens with zero attached hydrogens (tertiary/aromatic N) is 1. The summed E-state index contributed by atoms with van der Waals surface area (Å²) in [5, 5.41) is 14.2. The van der Waals surface area contributed by atoms with E-state index in [-0.39, 0.29) is 18.0 Å². The summed E-state index contributed by atoms with van der Waals surface area (Å²) < 4.78 is 10.9. The molecule has 0 saturated carbocycles. The molecule has 1 N–H and O–H groups in total. The first-order valence-corrected chi connectivity index (χ1v) is 6.77. The third kappa shape index (κ3) is 5.68. The minimum absolute atomic E-state index is 0.0511. The van der Waals surface area contributed by atoms with Crippen molar-refractivity contribution in [1.29, 1.82) is 0 Å². The molecule has 0 aromatic heterocycles. The number of methoxy groups -OCH3 is 1. The van der Waals surface area contributed by atoms with Crippen LogP contribution in [-0.2, 0) is 11.3 Å². The summed E-state index contributed by atoms with van der Waals surface area (Å²) in [6.45, 7) is 5.62. The third-order valence-corrected chi connectivity index (χ3v) is 2.65. The first kappa shape index (κ1) is 16.6. The molecule has 1 aromatic rings. The van der Waals surface area contributed by atoms with Crippen molar-refractivity contribution in [1.82, 2.24) is 5.32 Å². The fraction of sp³-hybridized carbons (Fsp3) is 0.385. The maximum absolute atomic E-state index is 11.0. The number of hydrogen-bond acceptors (Lipinski definition) is 5. The van der Waals surface area contributed by atoms with Crippen molar-refractivity contribution >= 4 is 21.6 Å². The molecule has 0 fully saturated rings. The first-order chi connectivity index (χ1) is 9.54. The number of rotatable bonds is 9. The molecule has 1 aromatic carbocycles. The second kappa shape index (κ2) is 8.68. The Morgan fingerprint density at radius 3 is 2.90 bits per heavy atom. The highest BCUT2D eigenvalue weighted by Gasteiger charge is 2.16. The van der Waals surface area contributed by atoms with Gasteiger partial charge in [-0.2, -0.15) is 0 Å². The molecule has 0 radical (unpaired) electrons. The van der Waals surface area contributed by atoms with Crippen LogP contribution in [0.5, 0.6) is 5.75 Å². The average molecular weight is 345 g/mol. The van der Waals surface area contributed by atoms with Crippen LogP contribution in [0.4, 0.5) is 5.69 Å². The van der Waals surface area contributed by atoms with E-state index >= 15 is 0 Å². The standard InChI is InChI=1S/C13H17BrN2O4/c1-10(14)9-20-13-4-3-11(7-12(13)16(17)18)8-15-5-6-19-2/h3-4,7,15H,1,5-6,8-9H2,2H3. The first-order valence-electron chi connectivity index (χ1n) is 5.97. The van der Waals surface area contributed by atoms with Gasteiger partial charge in [-0.05, 0) is 11.6 Å². The van der Waals surface area contributed by atoms with Crippen LogP contribution in [-0.4, -0.2) is 31.8 Å². The maximum atomic E-state index is 11.0. The second-order valence-electron chi connectivity index (χ2n) is 4.03. The summed E-state index contributed by atoms with van der Waals surface area (Å²) >= 11 is 3.15. The molecule has 20 heavy (non-hydrogen) atoms. The van der Waals surface area contributed by atoms with E-state index in [1.54, 1.807) is 19.2 Å². The minimum atomic E-state index is -0.453. The van der Waals surface area contributed by atoms with Gasteiger partial charge in [0, 0.05) is 30.7 Å². The lowest BCUT2D eigenvalue weighted by molar-refractivity contribution is -0.385. The molecule has 0 aliphatic carbocycles. The molecule has 0 atom stereocenters. The quantitative estimate of drug-likeness (QED) is 0.423. The fourth-order valence-corrected chi connectivity index (χ4v) is 1.62. The lowest BCUT2D eigenvalue weighted by Crippen LogP contribution is -2.18. The maximum Gasteiger partial charge on any atom is 0.311 e. The van der Waals surface area contributed by atoms with Gasteiger partial charge in [0.15, 0.2) is 5.75 Å². The molecular weight excluding hydrogens is 328 g/mol. The van der Waals surface area contributed by atoms with Crippen LogP contribution >= 0.6 is 15.9 Å². The van der Waals surface area contributed by atoms with Gasteiger partial charge in [0.25, 0.3) is 0 Å². The molecule has 0 amide bonds. The number of nitro benzene ring substituents is 1. The molecule has 0 aliphatic rings. The Kier molecular flexibility index (Phi) is 7.21. The van der Waals surface area contributed by atoms with E-state index < -0.39 is 4.92 Å². The van der Waals surface area contributed by atoms with Crippen molar-refractivity contribution in [3.8, 4) is 5.75 Å². The zero-order valence-corrected chi connectivity index (χ0v) is 12.8. The number of nitro groups is 1. The second-order valence-corrected chi connectivity index (χ2v) is 5.16. The number of nitrogens with one attached hydrogen (secondary N) is 1. The van der Waals surface area contributed by atoms with Gasteiger partial charge in [-0.1, -0.05) is 28.6 Å². The number of hydrogen-bond donors (Lipinski definition) is 1. The average Bonchev–Trinajstić information content (AvgIpc) is 2.41. The summed E-state index contributed by atoms with van der Waals surface area (Å²) in [6, 6.07) is 4.90. The van der Waals surface area contributed by atoms with E-state index in [1.165, 1.54) is 6.07 Å². The van der Waals surface area contributed by atoms with Gasteiger partial charge in [-0.15, -0.1) is 0 Å². The minimum Gasteiger partial charge on any atom is -0.481 e. The van der Waals surface area contributed by atoms with E-state index in [0.29, 0.717) is 24.2 Å². The van der Waals surface area contributed by atoms with E-state index in [0.717, 1.165) is 5.56 Å². The van der Waals surface area contributed by atoms with Gasteiger partial charge in [0.2, 0.25) is 0 Å². The lowest BCUT2D eigenvalue weighted by atomic mass is 10.2. The molecular formula is C13H17BrN2O4. The van der Waals surface area contributed by atoms with Gasteiger partial charge < -0.3 is 14.8 Å². The Morgan fingerprint density at radius 1 is 1.55 bits per heavy atom. The molecule has 0 bridgehead atoms. The number of halogens is 1. The van der Waals surface area contributed by atoms with E-state index in [9.17, 15) is 10.1 Å². The Hall–Kier alpha value is -1.44. The highest BCUT2D eigenvalue weighted by Crippen LogP contribution is 2.28. The van der Waals surface area contributed by atoms with Crippen LogP contribution in [0, 0.1) is 10.1 Å². The van der Waals surface area contributed by atoms with Crippen LogP contribution < -0.4 is 10.1 Å². The SMILES string of the molecule is C=C(Br)COc1ccc(CNCCOC)cc1[N+](=O)[O-]. The van der Waals surface area contributed by atoms with Crippen LogP contribution in [0.25, 0.3) is 0 Å². The number of benzene rings is 1. The number of ether oxygens (including phenoxy) is 2. The van der Waals surface area contributed by atoms with Gasteiger partial charge >= 0.3 is 5.69 Å². The molecule has 1 rings (SSSR count). The molecule has 0 heterocycles. The van der Waals surface area contributed by atoms with E-state index in [1.807, 2.05) is 0 Å². The summed E-state index contributed by atoms with van der Waals surface area (Å²) in [5.41, 5.74) is 0.766. The Labute approximate surface area is 126 Å². The van der Waals surface area contributed by atoms with Crippen molar-refractivity contribution < 1.29 is 14.4 Å². The summed E-state index contributed by atoms with van der Waals surface area (Å²) in [4.78, 5) is 10.6.